The molecule has 0 fully saturated rings. The Bertz CT molecular complexity index is 867. The lowest BCUT2D eigenvalue weighted by atomic mass is 10.2. The fourth-order valence-corrected chi connectivity index (χ4v) is 2.63. The quantitative estimate of drug-likeness (QED) is 0.623. The number of nitrogens with zero attached hydrogens (tertiary/aromatic N) is 3. The number of fused-ring (bicyclic) bond motifs is 1. The standard InChI is InChI=1S/C17H16BrN3O2/c1-17(2,3)23-16(22)21-14(11-5-4-6-19-9-11)8-12-7-13(18)10-20-15(12)21/h4-10H,1-3H3. The van der Waals surface area contributed by atoms with E-state index in [4.69, 9.17) is 4.74 Å². The van der Waals surface area contributed by atoms with E-state index < -0.39 is 11.7 Å². The maximum atomic E-state index is 12.7. The van der Waals surface area contributed by atoms with Crippen molar-refractivity contribution >= 4 is 33.1 Å². The van der Waals surface area contributed by atoms with Crippen LogP contribution >= 0.6 is 15.9 Å². The Morgan fingerprint density at radius 2 is 2.04 bits per heavy atom. The van der Waals surface area contributed by atoms with E-state index in [1.807, 2.05) is 45.0 Å². The fraction of sp³-hybridized carbons (Fsp3) is 0.235. The summed E-state index contributed by atoms with van der Waals surface area (Å²) in [5.74, 6) is 0. The van der Waals surface area contributed by atoms with E-state index in [1.54, 1.807) is 18.6 Å². The van der Waals surface area contributed by atoms with Crippen molar-refractivity contribution in [1.29, 1.82) is 0 Å². The van der Waals surface area contributed by atoms with Gasteiger partial charge in [-0.15, -0.1) is 0 Å². The van der Waals surface area contributed by atoms with Crippen molar-refractivity contribution in [2.75, 3.05) is 0 Å². The summed E-state index contributed by atoms with van der Waals surface area (Å²) >= 11 is 3.41. The molecular weight excluding hydrogens is 358 g/mol. The Labute approximate surface area is 142 Å². The highest BCUT2D eigenvalue weighted by atomic mass is 79.9. The van der Waals surface area contributed by atoms with E-state index in [9.17, 15) is 4.79 Å². The van der Waals surface area contributed by atoms with E-state index in [-0.39, 0.29) is 0 Å². The van der Waals surface area contributed by atoms with Gasteiger partial charge in [0.05, 0.1) is 5.69 Å². The molecule has 0 spiro atoms. The van der Waals surface area contributed by atoms with E-state index in [1.165, 1.54) is 4.57 Å². The van der Waals surface area contributed by atoms with Gasteiger partial charge in [0.1, 0.15) is 11.2 Å². The fourth-order valence-electron chi connectivity index (χ4n) is 2.29. The largest absolute Gasteiger partial charge is 0.443 e. The smallest absolute Gasteiger partial charge is 0.420 e. The maximum absolute atomic E-state index is 12.7. The zero-order valence-corrected chi connectivity index (χ0v) is 14.7. The van der Waals surface area contributed by atoms with E-state index in [0.717, 1.165) is 15.4 Å². The number of ether oxygens (including phenoxy) is 1. The number of hydrogen-bond acceptors (Lipinski definition) is 4. The summed E-state index contributed by atoms with van der Waals surface area (Å²) in [5, 5.41) is 0.851. The summed E-state index contributed by atoms with van der Waals surface area (Å²) in [6.07, 6.45) is 4.61. The molecule has 0 amide bonds. The molecular formula is C17H16BrN3O2. The number of pyridine rings is 2. The Kier molecular flexibility index (Phi) is 3.93. The molecule has 0 aliphatic carbocycles. The van der Waals surface area contributed by atoms with Gasteiger partial charge in [0.15, 0.2) is 0 Å². The van der Waals surface area contributed by atoms with Crippen LogP contribution in [0.3, 0.4) is 0 Å². The van der Waals surface area contributed by atoms with Gasteiger partial charge in [0.2, 0.25) is 0 Å². The molecule has 0 saturated carbocycles. The normalized spacial score (nSPS) is 11.7. The molecule has 23 heavy (non-hydrogen) atoms. The molecule has 0 atom stereocenters. The Hall–Kier alpha value is -2.21. The molecule has 5 nitrogen and oxygen atoms in total. The van der Waals surface area contributed by atoms with E-state index >= 15 is 0 Å². The molecule has 0 aliphatic rings. The Morgan fingerprint density at radius 3 is 2.70 bits per heavy atom. The average molecular weight is 374 g/mol. The Morgan fingerprint density at radius 1 is 1.26 bits per heavy atom. The number of halogens is 1. The first-order valence-corrected chi connectivity index (χ1v) is 7.95. The zero-order chi connectivity index (χ0) is 16.6. The van der Waals surface area contributed by atoms with Gasteiger partial charge in [-0.3, -0.25) is 4.98 Å². The molecule has 0 aromatic carbocycles. The molecule has 0 saturated heterocycles. The predicted molar refractivity (Wildman–Crippen MR) is 92.3 cm³/mol. The lowest BCUT2D eigenvalue weighted by molar-refractivity contribution is 0.0546. The SMILES string of the molecule is CC(C)(C)OC(=O)n1c(-c2cccnc2)cc2cc(Br)cnc21. The van der Waals surface area contributed by atoms with Gasteiger partial charge in [-0.05, 0) is 61.0 Å². The van der Waals surface area contributed by atoms with Crippen LogP contribution in [0.25, 0.3) is 22.3 Å². The van der Waals surface area contributed by atoms with Crippen molar-refractivity contribution in [2.24, 2.45) is 0 Å². The van der Waals surface area contributed by atoms with E-state index in [0.29, 0.717) is 11.3 Å². The molecule has 118 valence electrons. The van der Waals surface area contributed by atoms with Crippen molar-refractivity contribution in [1.82, 2.24) is 14.5 Å². The van der Waals surface area contributed by atoms with Crippen LogP contribution in [0.4, 0.5) is 4.79 Å². The van der Waals surface area contributed by atoms with Gasteiger partial charge in [-0.2, -0.15) is 0 Å². The minimum absolute atomic E-state index is 0.457. The number of rotatable bonds is 1. The van der Waals surface area contributed by atoms with Crippen molar-refractivity contribution < 1.29 is 9.53 Å². The van der Waals surface area contributed by atoms with Crippen molar-refractivity contribution in [3.63, 3.8) is 0 Å². The summed E-state index contributed by atoms with van der Waals surface area (Å²) in [6, 6.07) is 7.56. The van der Waals surface area contributed by atoms with Crippen LogP contribution in [0, 0.1) is 0 Å². The van der Waals surface area contributed by atoms with Gasteiger partial charge in [-0.1, -0.05) is 0 Å². The predicted octanol–water partition coefficient (Wildman–Crippen LogP) is 4.64. The summed E-state index contributed by atoms with van der Waals surface area (Å²) in [7, 11) is 0. The van der Waals surface area contributed by atoms with Gasteiger partial charge in [-0.25, -0.2) is 14.3 Å². The molecule has 0 bridgehead atoms. The third-order valence-electron chi connectivity index (χ3n) is 3.14. The Balaban J connectivity index is 2.22. The first kappa shape index (κ1) is 15.7. The first-order chi connectivity index (χ1) is 10.8. The minimum atomic E-state index is -0.588. The molecule has 0 N–H and O–H groups in total. The van der Waals surface area contributed by atoms with Crippen molar-refractivity contribution in [2.45, 2.75) is 26.4 Å². The maximum Gasteiger partial charge on any atom is 0.420 e. The molecule has 0 unspecified atom stereocenters. The molecule has 0 aliphatic heterocycles. The molecule has 3 aromatic rings. The summed E-state index contributed by atoms with van der Waals surface area (Å²) in [4.78, 5) is 21.2. The number of carbonyl (C=O) groups is 1. The van der Waals surface area contributed by atoms with Crippen LogP contribution in [0.1, 0.15) is 20.8 Å². The lowest BCUT2D eigenvalue weighted by Gasteiger charge is -2.20. The van der Waals surface area contributed by atoms with Gasteiger partial charge in [0.25, 0.3) is 0 Å². The first-order valence-electron chi connectivity index (χ1n) is 7.16. The van der Waals surface area contributed by atoms with Crippen molar-refractivity contribution in [3.8, 4) is 11.3 Å². The van der Waals surface area contributed by atoms with Gasteiger partial charge >= 0.3 is 6.09 Å². The van der Waals surface area contributed by atoms with Crippen LogP contribution in [-0.4, -0.2) is 26.2 Å². The second kappa shape index (κ2) is 5.77. The van der Waals surface area contributed by atoms with E-state index in [2.05, 4.69) is 25.9 Å². The molecule has 6 heteroatoms. The van der Waals surface area contributed by atoms with Crippen LogP contribution in [-0.2, 0) is 4.74 Å². The third-order valence-corrected chi connectivity index (χ3v) is 3.57. The number of carbonyl (C=O) groups excluding carboxylic acids is 1. The monoisotopic (exact) mass is 373 g/mol. The van der Waals surface area contributed by atoms with Crippen LogP contribution in [0.15, 0.2) is 47.3 Å². The minimum Gasteiger partial charge on any atom is -0.443 e. The van der Waals surface area contributed by atoms with Crippen molar-refractivity contribution in [3.05, 3.63) is 47.3 Å². The molecule has 3 rings (SSSR count). The third kappa shape index (κ3) is 3.27. The summed E-state index contributed by atoms with van der Waals surface area (Å²) in [6.45, 7) is 5.51. The summed E-state index contributed by atoms with van der Waals surface area (Å²) < 4.78 is 7.88. The summed E-state index contributed by atoms with van der Waals surface area (Å²) in [5.41, 5.74) is 1.50. The van der Waals surface area contributed by atoms with Crippen LogP contribution < -0.4 is 0 Å². The molecule has 3 heterocycles. The molecule has 3 aromatic heterocycles. The van der Waals surface area contributed by atoms with Gasteiger partial charge < -0.3 is 4.74 Å². The van der Waals surface area contributed by atoms with Crippen LogP contribution in [0.2, 0.25) is 0 Å². The number of hydrogen-bond donors (Lipinski definition) is 0. The molecule has 0 radical (unpaired) electrons. The number of aromatic nitrogens is 3. The highest BCUT2D eigenvalue weighted by molar-refractivity contribution is 9.10. The highest BCUT2D eigenvalue weighted by Gasteiger charge is 2.23. The van der Waals surface area contributed by atoms with Crippen LogP contribution in [0.5, 0.6) is 0 Å². The van der Waals surface area contributed by atoms with Gasteiger partial charge in [0, 0.05) is 34.0 Å². The zero-order valence-electron chi connectivity index (χ0n) is 13.1. The highest BCUT2D eigenvalue weighted by Crippen LogP contribution is 2.29. The average Bonchev–Trinajstić information content (AvgIpc) is 2.85. The topological polar surface area (TPSA) is 57.0 Å². The second-order valence-electron chi connectivity index (χ2n) is 6.15. The lowest BCUT2D eigenvalue weighted by Crippen LogP contribution is -2.27. The second-order valence-corrected chi connectivity index (χ2v) is 7.07.